The van der Waals surface area contributed by atoms with Crippen LogP contribution in [-0.2, 0) is 4.74 Å². The van der Waals surface area contributed by atoms with Crippen molar-refractivity contribution in [3.8, 4) is 0 Å². The lowest BCUT2D eigenvalue weighted by atomic mass is 9.96. The summed E-state index contributed by atoms with van der Waals surface area (Å²) in [5.41, 5.74) is -0.163. The van der Waals surface area contributed by atoms with E-state index in [2.05, 4.69) is 4.74 Å². The molecular formula is C13H16ClNO6. The first-order valence-electron chi connectivity index (χ1n) is 6.12. The Labute approximate surface area is 126 Å². The van der Waals surface area contributed by atoms with E-state index in [1.807, 2.05) is 0 Å². The molecule has 0 radical (unpaired) electrons. The zero-order valence-corrected chi connectivity index (χ0v) is 12.3. The number of aliphatic hydroxyl groups excluding tert-OH is 2. The van der Waals surface area contributed by atoms with Crippen LogP contribution in [0.2, 0.25) is 0 Å². The van der Waals surface area contributed by atoms with Crippen LogP contribution in [0.25, 0.3) is 0 Å². The molecule has 1 aromatic rings. The molecule has 0 heterocycles. The summed E-state index contributed by atoms with van der Waals surface area (Å²) in [7, 11) is 1.15. The minimum Gasteiger partial charge on any atom is -0.465 e. The number of alkyl halides is 1. The predicted octanol–water partition coefficient (Wildman–Crippen LogP) is 1.71. The van der Waals surface area contributed by atoms with Crippen molar-refractivity contribution in [3.63, 3.8) is 0 Å². The van der Waals surface area contributed by atoms with Crippen LogP contribution in [0.4, 0.5) is 5.69 Å². The van der Waals surface area contributed by atoms with E-state index >= 15 is 0 Å². The highest BCUT2D eigenvalue weighted by atomic mass is 35.5. The first kappa shape index (κ1) is 17.4. The maximum Gasteiger partial charge on any atom is 0.338 e. The van der Waals surface area contributed by atoms with E-state index in [0.29, 0.717) is 0 Å². The molecule has 116 valence electrons. The minimum atomic E-state index is -1.38. The van der Waals surface area contributed by atoms with Gasteiger partial charge >= 0.3 is 5.97 Å². The number of rotatable bonds is 6. The second-order valence-corrected chi connectivity index (χ2v) is 4.83. The van der Waals surface area contributed by atoms with Crippen molar-refractivity contribution in [3.05, 3.63) is 38.9 Å². The number of esters is 1. The van der Waals surface area contributed by atoms with Crippen LogP contribution < -0.4 is 0 Å². The van der Waals surface area contributed by atoms with Gasteiger partial charge in [-0.1, -0.05) is 0 Å². The highest BCUT2D eigenvalue weighted by molar-refractivity contribution is 6.17. The van der Waals surface area contributed by atoms with E-state index in [1.54, 1.807) is 0 Å². The molecule has 0 spiro atoms. The fourth-order valence-electron chi connectivity index (χ4n) is 1.89. The average Bonchev–Trinajstić information content (AvgIpc) is 2.45. The number of hydrogen-bond donors (Lipinski definition) is 2. The Kier molecular flexibility index (Phi) is 6.07. The van der Waals surface area contributed by atoms with Gasteiger partial charge in [-0.25, -0.2) is 4.79 Å². The number of benzene rings is 1. The Bertz CT molecular complexity index is 548. The lowest BCUT2D eigenvalue weighted by molar-refractivity contribution is -0.385. The number of halogens is 1. The van der Waals surface area contributed by atoms with Gasteiger partial charge in [-0.2, -0.15) is 0 Å². The molecule has 2 N–H and O–H groups in total. The third-order valence-electron chi connectivity index (χ3n) is 3.12. The molecule has 0 aliphatic rings. The van der Waals surface area contributed by atoms with Crippen molar-refractivity contribution in [1.29, 1.82) is 0 Å². The Morgan fingerprint density at radius 1 is 1.48 bits per heavy atom. The molecule has 7 nitrogen and oxygen atoms in total. The number of ether oxygens (including phenoxy) is 1. The standard InChI is InChI=1S/C13H16ClNO6/c1-7-9(13(18)21-2)5-8(6-10(7)15(19)20)12(17)11(16)3-4-14/h5-6,11-12,16-17H,3-4H2,1-2H3. The second kappa shape index (κ2) is 7.35. The van der Waals surface area contributed by atoms with Crippen molar-refractivity contribution in [2.45, 2.75) is 25.6 Å². The maximum atomic E-state index is 11.7. The van der Waals surface area contributed by atoms with E-state index in [0.717, 1.165) is 13.2 Å². The highest BCUT2D eigenvalue weighted by Crippen LogP contribution is 2.29. The number of nitrogens with zero attached hydrogens (tertiary/aromatic N) is 1. The SMILES string of the molecule is COC(=O)c1cc(C(O)C(O)CCCl)cc([N+](=O)[O-])c1C. The number of methoxy groups -OCH3 is 1. The normalized spacial score (nSPS) is 13.6. The summed E-state index contributed by atoms with van der Waals surface area (Å²) in [6.45, 7) is 1.41. The summed E-state index contributed by atoms with van der Waals surface area (Å²) in [5, 5.41) is 30.8. The molecule has 1 rings (SSSR count). The highest BCUT2D eigenvalue weighted by Gasteiger charge is 2.26. The van der Waals surface area contributed by atoms with Crippen LogP contribution in [0, 0.1) is 17.0 Å². The van der Waals surface area contributed by atoms with Gasteiger partial charge in [0.2, 0.25) is 0 Å². The third-order valence-corrected chi connectivity index (χ3v) is 3.33. The molecule has 2 unspecified atom stereocenters. The van der Waals surface area contributed by atoms with Gasteiger partial charge in [0.1, 0.15) is 6.10 Å². The van der Waals surface area contributed by atoms with Crippen LogP contribution in [0.15, 0.2) is 12.1 Å². The maximum absolute atomic E-state index is 11.7. The molecule has 0 saturated carbocycles. The van der Waals surface area contributed by atoms with Gasteiger partial charge in [0.05, 0.1) is 23.7 Å². The lowest BCUT2D eigenvalue weighted by Gasteiger charge is -2.18. The van der Waals surface area contributed by atoms with Gasteiger partial charge in [-0.15, -0.1) is 11.6 Å². The fourth-order valence-corrected chi connectivity index (χ4v) is 2.12. The summed E-state index contributed by atoms with van der Waals surface area (Å²) in [6.07, 6.45) is -2.46. The largest absolute Gasteiger partial charge is 0.465 e. The van der Waals surface area contributed by atoms with Crippen LogP contribution in [-0.4, -0.2) is 40.2 Å². The second-order valence-electron chi connectivity index (χ2n) is 4.45. The first-order chi connectivity index (χ1) is 9.83. The smallest absolute Gasteiger partial charge is 0.338 e. The topological polar surface area (TPSA) is 110 Å². The number of nitro groups is 1. The van der Waals surface area contributed by atoms with Gasteiger partial charge in [0.15, 0.2) is 0 Å². The van der Waals surface area contributed by atoms with E-state index in [4.69, 9.17) is 11.6 Å². The quantitative estimate of drug-likeness (QED) is 0.358. The summed E-state index contributed by atoms with van der Waals surface area (Å²) >= 11 is 5.49. The van der Waals surface area contributed by atoms with Crippen LogP contribution in [0.3, 0.4) is 0 Å². The van der Waals surface area contributed by atoms with Gasteiger partial charge in [-0.3, -0.25) is 10.1 Å². The average molecular weight is 318 g/mol. The number of nitro benzene ring substituents is 1. The molecule has 0 aromatic heterocycles. The van der Waals surface area contributed by atoms with Crippen molar-refractivity contribution >= 4 is 23.3 Å². The molecule has 1 aromatic carbocycles. The van der Waals surface area contributed by atoms with Crippen molar-refractivity contribution < 1.29 is 24.7 Å². The minimum absolute atomic E-state index is 0.0289. The molecule has 2 atom stereocenters. The van der Waals surface area contributed by atoms with Crippen LogP contribution in [0.1, 0.15) is 34.0 Å². The molecule has 8 heteroatoms. The van der Waals surface area contributed by atoms with E-state index in [-0.39, 0.29) is 34.7 Å². The zero-order valence-electron chi connectivity index (χ0n) is 11.6. The van der Waals surface area contributed by atoms with Gasteiger partial charge in [0.25, 0.3) is 5.69 Å². The molecule has 0 saturated heterocycles. The summed E-state index contributed by atoms with van der Waals surface area (Å²) in [6, 6.07) is 2.40. The summed E-state index contributed by atoms with van der Waals surface area (Å²) in [5.74, 6) is -0.632. The van der Waals surface area contributed by atoms with Gasteiger partial charge in [-0.05, 0) is 25.0 Å². The van der Waals surface area contributed by atoms with Crippen molar-refractivity contribution in [2.75, 3.05) is 13.0 Å². The molecule has 0 bridgehead atoms. The molecule has 0 fully saturated rings. The Morgan fingerprint density at radius 3 is 2.57 bits per heavy atom. The third kappa shape index (κ3) is 3.90. The summed E-state index contributed by atoms with van der Waals surface area (Å²) in [4.78, 5) is 22.1. The number of aliphatic hydroxyl groups is 2. The number of carbonyl (C=O) groups is 1. The lowest BCUT2D eigenvalue weighted by Crippen LogP contribution is -2.20. The monoisotopic (exact) mass is 317 g/mol. The Hall–Kier alpha value is -1.70. The van der Waals surface area contributed by atoms with E-state index in [9.17, 15) is 25.1 Å². The molecule has 21 heavy (non-hydrogen) atoms. The predicted molar refractivity (Wildman–Crippen MR) is 75.5 cm³/mol. The molecule has 0 aliphatic carbocycles. The number of carbonyl (C=O) groups excluding carboxylic acids is 1. The van der Waals surface area contributed by atoms with Gasteiger partial charge in [0, 0.05) is 17.5 Å². The van der Waals surface area contributed by atoms with Crippen molar-refractivity contribution in [2.24, 2.45) is 0 Å². The fraction of sp³-hybridized carbons (Fsp3) is 0.462. The van der Waals surface area contributed by atoms with E-state index < -0.39 is 23.1 Å². The molecular weight excluding hydrogens is 302 g/mol. The van der Waals surface area contributed by atoms with E-state index in [1.165, 1.54) is 13.0 Å². The Morgan fingerprint density at radius 2 is 2.10 bits per heavy atom. The first-order valence-corrected chi connectivity index (χ1v) is 6.66. The Balaban J connectivity index is 3.36. The molecule has 0 amide bonds. The van der Waals surface area contributed by atoms with Gasteiger partial charge < -0.3 is 14.9 Å². The summed E-state index contributed by atoms with van der Waals surface area (Å²) < 4.78 is 4.57. The number of hydrogen-bond acceptors (Lipinski definition) is 6. The zero-order chi connectivity index (χ0) is 16.2. The molecule has 0 aliphatic heterocycles. The van der Waals surface area contributed by atoms with Crippen molar-refractivity contribution in [1.82, 2.24) is 0 Å². The van der Waals surface area contributed by atoms with Crippen LogP contribution in [0.5, 0.6) is 0 Å². The van der Waals surface area contributed by atoms with Crippen LogP contribution >= 0.6 is 11.6 Å².